The molecule has 164 valence electrons. The standard InChI is InChI=1S/C22H25N3O5S/c1-14(2)13-25-21(27)18-9-6-16(12-19(18)22(25)28)20(26)23-10-11-24-31(29,30)17-7-4-15(3)5-8-17/h4-9,12,14,24H,10-11,13H2,1-3H3,(H,23,26). The molecule has 0 radical (unpaired) electrons. The van der Waals surface area contributed by atoms with E-state index < -0.39 is 21.8 Å². The molecule has 2 N–H and O–H groups in total. The molecule has 1 aliphatic heterocycles. The second-order valence-corrected chi connectivity index (χ2v) is 9.61. The Morgan fingerprint density at radius 2 is 1.61 bits per heavy atom. The molecule has 0 saturated heterocycles. The van der Waals surface area contributed by atoms with Crippen molar-refractivity contribution in [3.8, 4) is 0 Å². The number of amides is 3. The van der Waals surface area contributed by atoms with Gasteiger partial charge < -0.3 is 5.32 Å². The third kappa shape index (κ3) is 5.00. The highest BCUT2D eigenvalue weighted by Crippen LogP contribution is 2.24. The molecule has 0 atom stereocenters. The molecular formula is C22H25N3O5S. The Balaban J connectivity index is 1.59. The van der Waals surface area contributed by atoms with Crippen LogP contribution in [-0.2, 0) is 10.0 Å². The van der Waals surface area contributed by atoms with Crippen molar-refractivity contribution in [2.24, 2.45) is 5.92 Å². The predicted octanol–water partition coefficient (Wildman–Crippen LogP) is 1.96. The van der Waals surface area contributed by atoms with Gasteiger partial charge >= 0.3 is 0 Å². The number of carbonyl (C=O) groups excluding carboxylic acids is 3. The Bertz CT molecular complexity index is 1120. The summed E-state index contributed by atoms with van der Waals surface area (Å²) < 4.78 is 27.0. The van der Waals surface area contributed by atoms with Crippen LogP contribution in [0.4, 0.5) is 0 Å². The van der Waals surface area contributed by atoms with Gasteiger partial charge in [-0.05, 0) is 43.2 Å². The molecule has 1 aliphatic rings. The van der Waals surface area contributed by atoms with Gasteiger partial charge in [0.15, 0.2) is 0 Å². The Hall–Kier alpha value is -3.04. The van der Waals surface area contributed by atoms with E-state index >= 15 is 0 Å². The van der Waals surface area contributed by atoms with E-state index in [1.54, 1.807) is 12.1 Å². The third-order valence-electron chi connectivity index (χ3n) is 4.81. The molecule has 2 aromatic rings. The van der Waals surface area contributed by atoms with Gasteiger partial charge in [0, 0.05) is 25.2 Å². The molecule has 9 heteroatoms. The monoisotopic (exact) mass is 443 g/mol. The molecule has 0 fully saturated rings. The second-order valence-electron chi connectivity index (χ2n) is 7.84. The molecule has 0 saturated carbocycles. The van der Waals surface area contributed by atoms with Crippen LogP contribution in [0.25, 0.3) is 0 Å². The fraction of sp³-hybridized carbons (Fsp3) is 0.318. The first-order valence-electron chi connectivity index (χ1n) is 9.95. The molecule has 3 amide bonds. The number of sulfonamides is 1. The molecule has 0 spiro atoms. The van der Waals surface area contributed by atoms with Crippen molar-refractivity contribution >= 4 is 27.7 Å². The van der Waals surface area contributed by atoms with E-state index in [-0.39, 0.29) is 46.5 Å². The van der Waals surface area contributed by atoms with Crippen LogP contribution in [0.5, 0.6) is 0 Å². The van der Waals surface area contributed by atoms with Gasteiger partial charge in [-0.3, -0.25) is 19.3 Å². The van der Waals surface area contributed by atoms with Crippen LogP contribution in [0.15, 0.2) is 47.4 Å². The third-order valence-corrected chi connectivity index (χ3v) is 6.29. The van der Waals surface area contributed by atoms with E-state index in [1.165, 1.54) is 35.2 Å². The molecule has 31 heavy (non-hydrogen) atoms. The van der Waals surface area contributed by atoms with Gasteiger partial charge in [0.1, 0.15) is 0 Å². The van der Waals surface area contributed by atoms with E-state index in [9.17, 15) is 22.8 Å². The number of fused-ring (bicyclic) bond motifs is 1. The Labute approximate surface area is 181 Å². The van der Waals surface area contributed by atoms with Gasteiger partial charge in [0.05, 0.1) is 16.0 Å². The number of rotatable bonds is 8. The maximum Gasteiger partial charge on any atom is 0.261 e. The summed E-state index contributed by atoms with van der Waals surface area (Å²) in [5, 5.41) is 2.62. The second kappa shape index (κ2) is 8.99. The minimum absolute atomic E-state index is 0.00642. The lowest BCUT2D eigenvalue weighted by molar-refractivity contribution is 0.0636. The number of imide groups is 1. The largest absolute Gasteiger partial charge is 0.351 e. The van der Waals surface area contributed by atoms with E-state index in [0.29, 0.717) is 6.54 Å². The van der Waals surface area contributed by atoms with Crippen LogP contribution in [0, 0.1) is 12.8 Å². The maximum atomic E-state index is 12.5. The highest BCUT2D eigenvalue weighted by Gasteiger charge is 2.36. The fourth-order valence-corrected chi connectivity index (χ4v) is 4.26. The zero-order valence-electron chi connectivity index (χ0n) is 17.6. The molecule has 1 heterocycles. The minimum atomic E-state index is -3.67. The van der Waals surface area contributed by atoms with Crippen LogP contribution in [0.1, 0.15) is 50.5 Å². The van der Waals surface area contributed by atoms with Crippen LogP contribution in [0.3, 0.4) is 0 Å². The van der Waals surface area contributed by atoms with Gasteiger partial charge in [0.25, 0.3) is 17.7 Å². The Kier molecular flexibility index (Phi) is 6.56. The van der Waals surface area contributed by atoms with Crippen molar-refractivity contribution < 1.29 is 22.8 Å². The summed E-state index contributed by atoms with van der Waals surface area (Å²) in [4.78, 5) is 38.7. The first kappa shape index (κ1) is 22.6. The molecule has 3 rings (SSSR count). The van der Waals surface area contributed by atoms with Crippen molar-refractivity contribution in [3.63, 3.8) is 0 Å². The van der Waals surface area contributed by atoms with E-state index in [0.717, 1.165) is 5.56 Å². The van der Waals surface area contributed by atoms with Crippen molar-refractivity contribution in [2.75, 3.05) is 19.6 Å². The number of hydrogen-bond acceptors (Lipinski definition) is 5. The van der Waals surface area contributed by atoms with E-state index in [2.05, 4.69) is 10.0 Å². The summed E-state index contributed by atoms with van der Waals surface area (Å²) in [6.45, 7) is 6.07. The first-order chi connectivity index (χ1) is 14.6. The van der Waals surface area contributed by atoms with Gasteiger partial charge in [-0.25, -0.2) is 13.1 Å². The number of nitrogens with one attached hydrogen (secondary N) is 2. The summed E-state index contributed by atoms with van der Waals surface area (Å²) in [5.41, 5.74) is 1.67. The highest BCUT2D eigenvalue weighted by molar-refractivity contribution is 7.89. The lowest BCUT2D eigenvalue weighted by Gasteiger charge is -2.15. The van der Waals surface area contributed by atoms with Crippen LogP contribution in [-0.4, -0.2) is 50.7 Å². The quantitative estimate of drug-likeness (QED) is 0.478. The zero-order valence-corrected chi connectivity index (χ0v) is 18.5. The lowest BCUT2D eigenvalue weighted by atomic mass is 10.1. The molecule has 0 aromatic heterocycles. The van der Waals surface area contributed by atoms with Crippen molar-refractivity contribution in [3.05, 3.63) is 64.7 Å². The fourth-order valence-electron chi connectivity index (χ4n) is 3.23. The topological polar surface area (TPSA) is 113 Å². The van der Waals surface area contributed by atoms with Gasteiger partial charge in [0.2, 0.25) is 10.0 Å². The SMILES string of the molecule is Cc1ccc(S(=O)(=O)NCCNC(=O)c2ccc3c(c2)C(=O)N(CC(C)C)C3=O)cc1. The number of benzene rings is 2. The number of nitrogens with zero attached hydrogens (tertiary/aromatic N) is 1. The van der Waals surface area contributed by atoms with Crippen molar-refractivity contribution in [2.45, 2.75) is 25.7 Å². The van der Waals surface area contributed by atoms with Crippen LogP contribution in [0.2, 0.25) is 0 Å². The summed E-state index contributed by atoms with van der Waals surface area (Å²) in [6, 6.07) is 10.8. The normalized spacial score (nSPS) is 13.6. The average Bonchev–Trinajstić information content (AvgIpc) is 2.95. The maximum absolute atomic E-state index is 12.5. The summed E-state index contributed by atoms with van der Waals surface area (Å²) in [7, 11) is -3.67. The van der Waals surface area contributed by atoms with Gasteiger partial charge in [-0.15, -0.1) is 0 Å². The van der Waals surface area contributed by atoms with Crippen LogP contribution >= 0.6 is 0 Å². The van der Waals surface area contributed by atoms with Crippen molar-refractivity contribution in [1.82, 2.24) is 14.9 Å². The molecule has 0 unspecified atom stereocenters. The molecular weight excluding hydrogens is 418 g/mol. The minimum Gasteiger partial charge on any atom is -0.351 e. The van der Waals surface area contributed by atoms with Crippen LogP contribution < -0.4 is 10.0 Å². The molecule has 0 bridgehead atoms. The van der Waals surface area contributed by atoms with E-state index in [4.69, 9.17) is 0 Å². The van der Waals surface area contributed by atoms with Crippen molar-refractivity contribution in [1.29, 1.82) is 0 Å². The summed E-state index contributed by atoms with van der Waals surface area (Å²) in [6.07, 6.45) is 0. The zero-order chi connectivity index (χ0) is 22.8. The average molecular weight is 444 g/mol. The first-order valence-corrected chi connectivity index (χ1v) is 11.4. The molecule has 0 aliphatic carbocycles. The Morgan fingerprint density at radius 1 is 0.968 bits per heavy atom. The van der Waals surface area contributed by atoms with Gasteiger partial charge in [-0.1, -0.05) is 31.5 Å². The molecule has 8 nitrogen and oxygen atoms in total. The smallest absolute Gasteiger partial charge is 0.261 e. The number of hydrogen-bond donors (Lipinski definition) is 2. The molecule has 2 aromatic carbocycles. The Morgan fingerprint density at radius 3 is 2.26 bits per heavy atom. The lowest BCUT2D eigenvalue weighted by Crippen LogP contribution is -2.34. The number of carbonyl (C=O) groups is 3. The predicted molar refractivity (Wildman–Crippen MR) is 115 cm³/mol. The van der Waals surface area contributed by atoms with E-state index in [1.807, 2.05) is 20.8 Å². The summed E-state index contributed by atoms with van der Waals surface area (Å²) >= 11 is 0. The number of aryl methyl sites for hydroxylation is 1. The van der Waals surface area contributed by atoms with Gasteiger partial charge in [-0.2, -0.15) is 0 Å². The summed E-state index contributed by atoms with van der Waals surface area (Å²) in [5.74, 6) is -1.09. The highest BCUT2D eigenvalue weighted by atomic mass is 32.2.